The predicted octanol–water partition coefficient (Wildman–Crippen LogP) is 1.38. The summed E-state index contributed by atoms with van der Waals surface area (Å²) in [5.74, 6) is -1.11. The first-order valence-electron chi connectivity index (χ1n) is 6.07. The Kier molecular flexibility index (Phi) is 8.03. The lowest BCUT2D eigenvalue weighted by molar-refractivity contribution is -0.139. The van der Waals surface area contributed by atoms with E-state index in [1.807, 2.05) is 0 Å². The molecular weight excluding hydrogens is 234 g/mol. The van der Waals surface area contributed by atoms with E-state index in [1.165, 1.54) is 7.11 Å². The van der Waals surface area contributed by atoms with Crippen molar-refractivity contribution in [3.63, 3.8) is 0 Å². The molecule has 0 spiro atoms. The van der Waals surface area contributed by atoms with E-state index in [2.05, 4.69) is 37.3 Å². The van der Waals surface area contributed by atoms with E-state index < -0.39 is 11.9 Å². The Morgan fingerprint density at radius 3 is 2.00 bits per heavy atom. The second-order valence-corrected chi connectivity index (χ2v) is 4.45. The zero-order chi connectivity index (χ0) is 14.1. The topological polar surface area (TPSA) is 55.8 Å². The molecule has 0 saturated carbocycles. The van der Waals surface area contributed by atoms with Crippen LogP contribution in [0.5, 0.6) is 0 Å². The van der Waals surface area contributed by atoms with Crippen molar-refractivity contribution in [3.8, 4) is 0 Å². The molecule has 0 aromatic heterocycles. The van der Waals surface area contributed by atoms with Crippen LogP contribution in [-0.2, 0) is 19.1 Å². The second-order valence-electron chi connectivity index (χ2n) is 4.45. The SMILES string of the molecule is COC(=O)C=CC(=O)OCCN(C(C)C)C(C)C. The normalized spacial score (nSPS) is 11.6. The van der Waals surface area contributed by atoms with Gasteiger partial charge in [-0.15, -0.1) is 0 Å². The van der Waals surface area contributed by atoms with Crippen molar-refractivity contribution in [1.29, 1.82) is 0 Å². The van der Waals surface area contributed by atoms with Gasteiger partial charge in [-0.2, -0.15) is 0 Å². The van der Waals surface area contributed by atoms with Crippen LogP contribution >= 0.6 is 0 Å². The van der Waals surface area contributed by atoms with Gasteiger partial charge in [0.1, 0.15) is 6.61 Å². The van der Waals surface area contributed by atoms with Gasteiger partial charge in [-0.1, -0.05) is 0 Å². The third-order valence-corrected chi connectivity index (χ3v) is 2.48. The van der Waals surface area contributed by atoms with Crippen molar-refractivity contribution < 1.29 is 19.1 Å². The number of esters is 2. The maximum absolute atomic E-state index is 11.2. The molecule has 0 aliphatic heterocycles. The lowest BCUT2D eigenvalue weighted by atomic mass is 10.2. The summed E-state index contributed by atoms with van der Waals surface area (Å²) >= 11 is 0. The Morgan fingerprint density at radius 1 is 1.06 bits per heavy atom. The van der Waals surface area contributed by atoms with Gasteiger partial charge < -0.3 is 9.47 Å². The molecule has 0 radical (unpaired) electrons. The van der Waals surface area contributed by atoms with Crippen LogP contribution in [0.15, 0.2) is 12.2 Å². The Balaban J connectivity index is 4.00. The Bertz CT molecular complexity index is 289. The lowest BCUT2D eigenvalue weighted by Crippen LogP contribution is -2.39. The van der Waals surface area contributed by atoms with Gasteiger partial charge in [0.05, 0.1) is 7.11 Å². The largest absolute Gasteiger partial charge is 0.466 e. The van der Waals surface area contributed by atoms with E-state index in [1.54, 1.807) is 0 Å². The summed E-state index contributed by atoms with van der Waals surface area (Å²) in [5.41, 5.74) is 0. The maximum atomic E-state index is 11.2. The van der Waals surface area contributed by atoms with E-state index in [4.69, 9.17) is 4.74 Å². The van der Waals surface area contributed by atoms with E-state index >= 15 is 0 Å². The Hall–Kier alpha value is -1.36. The molecule has 104 valence electrons. The molecule has 0 atom stereocenters. The molecule has 0 aromatic carbocycles. The van der Waals surface area contributed by atoms with Crippen LogP contribution < -0.4 is 0 Å². The van der Waals surface area contributed by atoms with Crippen LogP contribution in [0.3, 0.4) is 0 Å². The summed E-state index contributed by atoms with van der Waals surface area (Å²) in [6.45, 7) is 9.36. The minimum atomic E-state index is -0.571. The number of nitrogens with zero attached hydrogens (tertiary/aromatic N) is 1. The third-order valence-electron chi connectivity index (χ3n) is 2.48. The molecule has 0 heterocycles. The second kappa shape index (κ2) is 8.69. The molecule has 0 bridgehead atoms. The molecule has 0 aromatic rings. The van der Waals surface area contributed by atoms with Gasteiger partial charge in [0.2, 0.25) is 0 Å². The predicted molar refractivity (Wildman–Crippen MR) is 69.1 cm³/mol. The highest BCUT2D eigenvalue weighted by atomic mass is 16.5. The molecule has 0 N–H and O–H groups in total. The fourth-order valence-electron chi connectivity index (χ4n) is 1.62. The Labute approximate surface area is 109 Å². The number of carbonyl (C=O) groups is 2. The van der Waals surface area contributed by atoms with E-state index in [0.29, 0.717) is 25.2 Å². The smallest absolute Gasteiger partial charge is 0.331 e. The molecule has 5 nitrogen and oxygen atoms in total. The summed E-state index contributed by atoms with van der Waals surface area (Å²) in [6, 6.07) is 0.795. The fourth-order valence-corrected chi connectivity index (χ4v) is 1.62. The molecule has 0 amide bonds. The minimum Gasteiger partial charge on any atom is -0.466 e. The standard InChI is InChI=1S/C13H23NO4/c1-10(2)14(11(3)4)8-9-18-13(16)7-6-12(15)17-5/h6-7,10-11H,8-9H2,1-5H3. The van der Waals surface area contributed by atoms with Crippen molar-refractivity contribution in [2.75, 3.05) is 20.3 Å². The van der Waals surface area contributed by atoms with Crippen LogP contribution in [0.4, 0.5) is 0 Å². The number of rotatable bonds is 7. The number of hydrogen-bond acceptors (Lipinski definition) is 5. The van der Waals surface area contributed by atoms with E-state index in [0.717, 1.165) is 12.2 Å². The molecule has 0 aliphatic rings. The van der Waals surface area contributed by atoms with Crippen molar-refractivity contribution in [2.45, 2.75) is 39.8 Å². The van der Waals surface area contributed by atoms with Crippen LogP contribution in [0, 0.1) is 0 Å². The number of hydrogen-bond donors (Lipinski definition) is 0. The van der Waals surface area contributed by atoms with Gasteiger partial charge in [0, 0.05) is 30.8 Å². The molecule has 0 rings (SSSR count). The van der Waals surface area contributed by atoms with Crippen molar-refractivity contribution in [1.82, 2.24) is 4.90 Å². The van der Waals surface area contributed by atoms with Gasteiger partial charge >= 0.3 is 11.9 Å². The molecule has 0 unspecified atom stereocenters. The summed E-state index contributed by atoms with van der Waals surface area (Å²) in [4.78, 5) is 24.2. The van der Waals surface area contributed by atoms with Gasteiger partial charge in [-0.05, 0) is 27.7 Å². The number of methoxy groups -OCH3 is 1. The number of ether oxygens (including phenoxy) is 2. The number of carbonyl (C=O) groups excluding carboxylic acids is 2. The highest BCUT2D eigenvalue weighted by Gasteiger charge is 2.13. The van der Waals surface area contributed by atoms with Gasteiger partial charge in [-0.3, -0.25) is 4.90 Å². The lowest BCUT2D eigenvalue weighted by Gasteiger charge is -2.29. The fraction of sp³-hybridized carbons (Fsp3) is 0.692. The first-order valence-corrected chi connectivity index (χ1v) is 6.07. The van der Waals surface area contributed by atoms with Crippen molar-refractivity contribution >= 4 is 11.9 Å². The highest BCUT2D eigenvalue weighted by Crippen LogP contribution is 2.04. The molecule has 5 heteroatoms. The monoisotopic (exact) mass is 257 g/mol. The van der Waals surface area contributed by atoms with E-state index in [9.17, 15) is 9.59 Å². The van der Waals surface area contributed by atoms with Gasteiger partial charge in [0.25, 0.3) is 0 Å². The summed E-state index contributed by atoms with van der Waals surface area (Å²) in [6.07, 6.45) is 2.12. The highest BCUT2D eigenvalue weighted by molar-refractivity contribution is 5.91. The summed E-state index contributed by atoms with van der Waals surface area (Å²) in [5, 5.41) is 0. The van der Waals surface area contributed by atoms with E-state index in [-0.39, 0.29) is 0 Å². The van der Waals surface area contributed by atoms with Crippen LogP contribution in [0.1, 0.15) is 27.7 Å². The van der Waals surface area contributed by atoms with Crippen LogP contribution in [-0.4, -0.2) is 49.2 Å². The third kappa shape index (κ3) is 7.06. The Morgan fingerprint density at radius 2 is 1.56 bits per heavy atom. The quantitative estimate of drug-likeness (QED) is 0.509. The molecule has 0 fully saturated rings. The zero-order valence-corrected chi connectivity index (χ0v) is 11.8. The molecular formula is C13H23NO4. The average Bonchev–Trinajstić information content (AvgIpc) is 2.30. The zero-order valence-electron chi connectivity index (χ0n) is 11.8. The summed E-state index contributed by atoms with van der Waals surface area (Å²) < 4.78 is 9.36. The van der Waals surface area contributed by atoms with Crippen LogP contribution in [0.25, 0.3) is 0 Å². The maximum Gasteiger partial charge on any atom is 0.331 e. The van der Waals surface area contributed by atoms with Crippen LogP contribution in [0.2, 0.25) is 0 Å². The first kappa shape index (κ1) is 16.6. The van der Waals surface area contributed by atoms with Crippen molar-refractivity contribution in [3.05, 3.63) is 12.2 Å². The van der Waals surface area contributed by atoms with Gasteiger partial charge in [0.15, 0.2) is 0 Å². The average molecular weight is 257 g/mol. The van der Waals surface area contributed by atoms with Gasteiger partial charge in [-0.25, -0.2) is 9.59 Å². The molecule has 0 aliphatic carbocycles. The van der Waals surface area contributed by atoms with Crippen molar-refractivity contribution in [2.24, 2.45) is 0 Å². The first-order chi connectivity index (χ1) is 8.38. The molecule has 0 saturated heterocycles. The summed E-state index contributed by atoms with van der Waals surface area (Å²) in [7, 11) is 1.25. The molecule has 18 heavy (non-hydrogen) atoms. The minimum absolute atomic E-state index is 0.306.